The minimum absolute atomic E-state index is 0.0528. The molecule has 1 aromatic carbocycles. The summed E-state index contributed by atoms with van der Waals surface area (Å²) in [6.07, 6.45) is 0.473. The van der Waals surface area contributed by atoms with E-state index in [-0.39, 0.29) is 12.3 Å². The number of carboxylic acid groups (broad SMARTS) is 1. The van der Waals surface area contributed by atoms with Crippen molar-refractivity contribution in [2.24, 2.45) is 0 Å². The lowest BCUT2D eigenvalue weighted by atomic mass is 10.1. The molecule has 0 aliphatic rings. The molecule has 0 aliphatic heterocycles. The molecule has 0 saturated carbocycles. The molecule has 0 aliphatic carbocycles. The lowest BCUT2D eigenvalue weighted by Crippen LogP contribution is -2.24. The summed E-state index contributed by atoms with van der Waals surface area (Å²) in [4.78, 5) is 21.8. The van der Waals surface area contributed by atoms with Gasteiger partial charge in [0.25, 0.3) is 5.91 Å². The topological polar surface area (TPSA) is 66.4 Å². The van der Waals surface area contributed by atoms with Gasteiger partial charge in [0, 0.05) is 18.5 Å². The van der Waals surface area contributed by atoms with E-state index < -0.39 is 5.97 Å². The molecule has 1 rings (SSSR count). The highest BCUT2D eigenvalue weighted by Gasteiger charge is 2.04. The average Bonchev–Trinajstić information content (AvgIpc) is 2.24. The normalized spacial score (nSPS) is 9.81. The highest BCUT2D eigenvalue weighted by Crippen LogP contribution is 2.03. The Kier molecular flexibility index (Phi) is 4.51. The molecule has 1 amide bonds. The van der Waals surface area contributed by atoms with Gasteiger partial charge in [-0.15, -0.1) is 0 Å². The van der Waals surface area contributed by atoms with Crippen molar-refractivity contribution in [3.63, 3.8) is 0 Å². The predicted octanol–water partition coefficient (Wildman–Crippen LogP) is 1.34. The fourth-order valence-corrected chi connectivity index (χ4v) is 1.22. The molecule has 2 radical (unpaired) electrons. The summed E-state index contributed by atoms with van der Waals surface area (Å²) < 4.78 is 0. The maximum Gasteiger partial charge on any atom is 0.303 e. The Hall–Kier alpha value is -1.84. The van der Waals surface area contributed by atoms with Crippen molar-refractivity contribution in [2.75, 3.05) is 6.54 Å². The highest BCUT2D eigenvalue weighted by atomic mass is 16.4. The number of hydrogen-bond acceptors (Lipinski definition) is 2. The number of hydrogen-bond donors (Lipinski definition) is 2. The molecule has 0 aromatic heterocycles. The largest absolute Gasteiger partial charge is 0.481 e. The van der Waals surface area contributed by atoms with Gasteiger partial charge in [0.05, 0.1) is 0 Å². The van der Waals surface area contributed by atoms with Crippen LogP contribution in [0.3, 0.4) is 0 Å². The minimum Gasteiger partial charge on any atom is -0.481 e. The van der Waals surface area contributed by atoms with Gasteiger partial charge in [-0.3, -0.25) is 9.59 Å². The first kappa shape index (κ1) is 12.2. The Morgan fingerprint density at radius 1 is 1.38 bits per heavy atom. The minimum atomic E-state index is -0.863. The van der Waals surface area contributed by atoms with Gasteiger partial charge >= 0.3 is 5.97 Å². The summed E-state index contributed by atoms with van der Waals surface area (Å²) in [5.74, 6) is -1.10. The molecular formula is C12H13NO3. The maximum absolute atomic E-state index is 11.5. The summed E-state index contributed by atoms with van der Waals surface area (Å²) in [6, 6.07) is 6.62. The number of aliphatic carboxylic acids is 1. The predicted molar refractivity (Wildman–Crippen MR) is 59.0 cm³/mol. The molecule has 4 nitrogen and oxygen atoms in total. The first-order valence-electron chi connectivity index (χ1n) is 4.95. The third-order valence-electron chi connectivity index (χ3n) is 2.00. The van der Waals surface area contributed by atoms with Gasteiger partial charge in [0.15, 0.2) is 0 Å². The zero-order valence-corrected chi connectivity index (χ0v) is 8.77. The average molecular weight is 219 g/mol. The number of carboxylic acids is 1. The van der Waals surface area contributed by atoms with Crippen LogP contribution in [0.4, 0.5) is 0 Å². The Morgan fingerprint density at radius 2 is 2.12 bits per heavy atom. The second-order valence-corrected chi connectivity index (χ2v) is 3.38. The van der Waals surface area contributed by atoms with Crippen LogP contribution in [0.1, 0.15) is 28.8 Å². The number of benzene rings is 1. The van der Waals surface area contributed by atoms with Crippen LogP contribution in [0.5, 0.6) is 0 Å². The van der Waals surface area contributed by atoms with Crippen molar-refractivity contribution >= 4 is 11.9 Å². The third-order valence-corrected chi connectivity index (χ3v) is 2.00. The van der Waals surface area contributed by atoms with Gasteiger partial charge in [0.1, 0.15) is 0 Å². The van der Waals surface area contributed by atoms with Crippen LogP contribution >= 0.6 is 0 Å². The van der Waals surface area contributed by atoms with Crippen LogP contribution in [0.2, 0.25) is 0 Å². The standard InChI is InChI=1S/C12H13NO3/c1-9-4-2-5-10(8-9)12(16)13-7-3-6-11(14)15/h1-2,4-5,8H,3,6-7H2,(H,13,16)(H,14,15). The molecule has 0 unspecified atom stereocenters. The van der Waals surface area contributed by atoms with E-state index in [1.54, 1.807) is 24.3 Å². The molecule has 0 atom stereocenters. The molecule has 84 valence electrons. The second kappa shape index (κ2) is 5.90. The number of rotatable bonds is 5. The van der Waals surface area contributed by atoms with E-state index in [9.17, 15) is 9.59 Å². The van der Waals surface area contributed by atoms with E-state index in [0.717, 1.165) is 0 Å². The molecule has 4 heteroatoms. The van der Waals surface area contributed by atoms with Crippen molar-refractivity contribution in [3.8, 4) is 0 Å². The lowest BCUT2D eigenvalue weighted by Gasteiger charge is -2.04. The summed E-state index contributed by atoms with van der Waals surface area (Å²) in [5.41, 5.74) is 1.01. The Balaban J connectivity index is 2.38. The fourth-order valence-electron chi connectivity index (χ4n) is 1.22. The summed E-state index contributed by atoms with van der Waals surface area (Å²) in [6.45, 7) is 5.88. The first-order valence-corrected chi connectivity index (χ1v) is 4.95. The van der Waals surface area contributed by atoms with Crippen LogP contribution in [0.25, 0.3) is 0 Å². The van der Waals surface area contributed by atoms with Crippen molar-refractivity contribution in [1.29, 1.82) is 0 Å². The summed E-state index contributed by atoms with van der Waals surface area (Å²) >= 11 is 0. The fraction of sp³-hybridized carbons (Fsp3) is 0.250. The van der Waals surface area contributed by atoms with Crippen molar-refractivity contribution in [2.45, 2.75) is 12.8 Å². The first-order chi connectivity index (χ1) is 7.59. The van der Waals surface area contributed by atoms with E-state index in [4.69, 9.17) is 12.0 Å². The van der Waals surface area contributed by atoms with Crippen molar-refractivity contribution in [3.05, 3.63) is 42.3 Å². The number of amides is 1. The Morgan fingerprint density at radius 3 is 2.75 bits per heavy atom. The Bertz CT molecular complexity index is 388. The molecule has 1 aromatic rings. The van der Waals surface area contributed by atoms with Gasteiger partial charge in [-0.25, -0.2) is 0 Å². The second-order valence-electron chi connectivity index (χ2n) is 3.38. The van der Waals surface area contributed by atoms with E-state index in [1.165, 1.54) is 0 Å². The summed E-state index contributed by atoms with van der Waals surface area (Å²) in [7, 11) is 0. The quantitative estimate of drug-likeness (QED) is 0.734. The molecule has 16 heavy (non-hydrogen) atoms. The van der Waals surface area contributed by atoms with Crippen LogP contribution < -0.4 is 5.32 Å². The van der Waals surface area contributed by atoms with Gasteiger partial charge < -0.3 is 10.4 Å². The lowest BCUT2D eigenvalue weighted by molar-refractivity contribution is -0.137. The maximum atomic E-state index is 11.5. The van der Waals surface area contributed by atoms with Crippen molar-refractivity contribution in [1.82, 2.24) is 5.32 Å². The van der Waals surface area contributed by atoms with Gasteiger partial charge in [-0.1, -0.05) is 12.1 Å². The zero-order valence-electron chi connectivity index (χ0n) is 8.77. The third kappa shape index (κ3) is 4.13. The van der Waals surface area contributed by atoms with Crippen LogP contribution in [0, 0.1) is 6.92 Å². The summed E-state index contributed by atoms with van der Waals surface area (Å²) in [5, 5.41) is 11.0. The molecule has 0 saturated heterocycles. The van der Waals surface area contributed by atoms with Gasteiger partial charge in [-0.05, 0) is 31.0 Å². The SMILES string of the molecule is [CH]c1cccc(C(=O)NCCCC(=O)O)c1. The molecule has 0 bridgehead atoms. The molecule has 2 N–H and O–H groups in total. The van der Waals surface area contributed by atoms with Crippen LogP contribution in [0.15, 0.2) is 24.3 Å². The zero-order chi connectivity index (χ0) is 12.0. The number of carbonyl (C=O) groups is 2. The number of nitrogens with one attached hydrogen (secondary N) is 1. The monoisotopic (exact) mass is 219 g/mol. The molecular weight excluding hydrogens is 206 g/mol. The van der Waals surface area contributed by atoms with Crippen LogP contribution in [-0.4, -0.2) is 23.5 Å². The molecule has 0 spiro atoms. The van der Waals surface area contributed by atoms with Gasteiger partial charge in [0.2, 0.25) is 0 Å². The smallest absolute Gasteiger partial charge is 0.303 e. The highest BCUT2D eigenvalue weighted by molar-refractivity contribution is 5.94. The number of carbonyl (C=O) groups excluding carboxylic acids is 1. The van der Waals surface area contributed by atoms with E-state index >= 15 is 0 Å². The molecule has 0 fully saturated rings. The van der Waals surface area contributed by atoms with E-state index in [1.807, 2.05) is 0 Å². The van der Waals surface area contributed by atoms with E-state index in [0.29, 0.717) is 24.1 Å². The van der Waals surface area contributed by atoms with E-state index in [2.05, 4.69) is 5.32 Å². The van der Waals surface area contributed by atoms with Crippen molar-refractivity contribution < 1.29 is 14.7 Å². The van der Waals surface area contributed by atoms with Gasteiger partial charge in [-0.2, -0.15) is 0 Å². The Labute approximate surface area is 94.3 Å². The van der Waals surface area contributed by atoms with Crippen LogP contribution in [-0.2, 0) is 4.79 Å². The molecule has 0 heterocycles.